The predicted octanol–water partition coefficient (Wildman–Crippen LogP) is 1.47. The van der Waals surface area contributed by atoms with Crippen molar-refractivity contribution in [2.24, 2.45) is 11.7 Å². The van der Waals surface area contributed by atoms with Crippen LogP contribution in [0, 0.1) is 5.92 Å². The molecular weight excluding hydrogens is 240 g/mol. The van der Waals surface area contributed by atoms with Gasteiger partial charge in [-0.15, -0.1) is 0 Å². The maximum Gasteiger partial charge on any atom is 0.253 e. The van der Waals surface area contributed by atoms with Gasteiger partial charge in [0.15, 0.2) is 0 Å². The first-order valence-corrected chi connectivity index (χ1v) is 5.97. The lowest BCUT2D eigenvalue weighted by Gasteiger charge is -2.16. The molecule has 1 heterocycles. The van der Waals surface area contributed by atoms with E-state index in [0.29, 0.717) is 24.6 Å². The molecule has 0 radical (unpaired) electrons. The molecule has 0 aliphatic carbocycles. The van der Waals surface area contributed by atoms with Crippen molar-refractivity contribution in [3.8, 4) is 5.75 Å². The number of aromatic hydroxyl groups is 1. The van der Waals surface area contributed by atoms with Gasteiger partial charge in [-0.1, -0.05) is 11.6 Å². The lowest BCUT2D eigenvalue weighted by atomic mass is 10.1. The van der Waals surface area contributed by atoms with Crippen LogP contribution in [0.15, 0.2) is 18.2 Å². The molecule has 1 aliphatic rings. The van der Waals surface area contributed by atoms with Crippen LogP contribution in [-0.4, -0.2) is 35.5 Å². The first kappa shape index (κ1) is 12.2. The molecule has 1 unspecified atom stereocenters. The van der Waals surface area contributed by atoms with Crippen LogP contribution in [0.5, 0.6) is 5.75 Å². The van der Waals surface area contributed by atoms with Gasteiger partial charge in [-0.2, -0.15) is 0 Å². The Morgan fingerprint density at radius 3 is 2.94 bits per heavy atom. The number of halogens is 1. The Morgan fingerprint density at radius 2 is 2.35 bits per heavy atom. The van der Waals surface area contributed by atoms with Crippen LogP contribution in [-0.2, 0) is 0 Å². The number of amides is 1. The van der Waals surface area contributed by atoms with Crippen molar-refractivity contribution in [2.75, 3.05) is 19.6 Å². The molecule has 4 nitrogen and oxygen atoms in total. The number of hydrogen-bond acceptors (Lipinski definition) is 3. The third-order valence-corrected chi connectivity index (χ3v) is 3.40. The molecule has 1 atom stereocenters. The van der Waals surface area contributed by atoms with Gasteiger partial charge in [-0.05, 0) is 37.1 Å². The first-order valence-electron chi connectivity index (χ1n) is 5.59. The smallest absolute Gasteiger partial charge is 0.253 e. The van der Waals surface area contributed by atoms with E-state index in [0.717, 1.165) is 13.0 Å². The van der Waals surface area contributed by atoms with E-state index in [1.807, 2.05) is 0 Å². The molecule has 1 aliphatic heterocycles. The average Bonchev–Trinajstić information content (AvgIpc) is 2.80. The van der Waals surface area contributed by atoms with Crippen LogP contribution in [0.1, 0.15) is 16.8 Å². The Bertz CT molecular complexity index is 437. The van der Waals surface area contributed by atoms with Crippen molar-refractivity contribution in [1.29, 1.82) is 0 Å². The van der Waals surface area contributed by atoms with E-state index in [9.17, 15) is 9.90 Å². The van der Waals surface area contributed by atoms with Gasteiger partial charge in [0.2, 0.25) is 0 Å². The SMILES string of the molecule is NCC1CCN(C(=O)c2ccc(O)c(Cl)c2)C1. The summed E-state index contributed by atoms with van der Waals surface area (Å²) < 4.78 is 0. The zero-order valence-corrected chi connectivity index (χ0v) is 10.2. The van der Waals surface area contributed by atoms with Gasteiger partial charge < -0.3 is 15.7 Å². The van der Waals surface area contributed by atoms with Gasteiger partial charge in [0.05, 0.1) is 5.02 Å². The number of carbonyl (C=O) groups is 1. The summed E-state index contributed by atoms with van der Waals surface area (Å²) in [6.07, 6.45) is 0.952. The van der Waals surface area contributed by atoms with Crippen LogP contribution in [0.2, 0.25) is 5.02 Å². The molecule has 3 N–H and O–H groups in total. The number of benzene rings is 1. The lowest BCUT2D eigenvalue weighted by molar-refractivity contribution is 0.0787. The second-order valence-electron chi connectivity index (χ2n) is 4.31. The molecule has 1 aromatic carbocycles. The summed E-state index contributed by atoms with van der Waals surface area (Å²) in [4.78, 5) is 13.9. The third kappa shape index (κ3) is 2.53. The van der Waals surface area contributed by atoms with Crippen LogP contribution in [0.3, 0.4) is 0 Å². The highest BCUT2D eigenvalue weighted by atomic mass is 35.5. The van der Waals surface area contributed by atoms with E-state index < -0.39 is 0 Å². The van der Waals surface area contributed by atoms with Gasteiger partial charge in [0, 0.05) is 18.7 Å². The number of hydrogen-bond donors (Lipinski definition) is 2. The highest BCUT2D eigenvalue weighted by molar-refractivity contribution is 6.32. The molecule has 1 saturated heterocycles. The van der Waals surface area contributed by atoms with Crippen LogP contribution in [0.4, 0.5) is 0 Å². The van der Waals surface area contributed by atoms with E-state index in [2.05, 4.69) is 0 Å². The van der Waals surface area contributed by atoms with Crippen LogP contribution >= 0.6 is 11.6 Å². The fourth-order valence-electron chi connectivity index (χ4n) is 2.03. The van der Waals surface area contributed by atoms with Crippen molar-refractivity contribution >= 4 is 17.5 Å². The van der Waals surface area contributed by atoms with Crippen LogP contribution < -0.4 is 5.73 Å². The molecule has 1 aromatic rings. The Hall–Kier alpha value is -1.26. The minimum atomic E-state index is -0.0529. The maximum absolute atomic E-state index is 12.1. The highest BCUT2D eigenvalue weighted by Gasteiger charge is 2.26. The van der Waals surface area contributed by atoms with Crippen molar-refractivity contribution in [3.63, 3.8) is 0 Å². The highest BCUT2D eigenvalue weighted by Crippen LogP contribution is 2.25. The monoisotopic (exact) mass is 254 g/mol. The minimum absolute atomic E-state index is 0.00975. The van der Waals surface area contributed by atoms with Gasteiger partial charge in [-0.25, -0.2) is 0 Å². The molecule has 0 bridgehead atoms. The summed E-state index contributed by atoms with van der Waals surface area (Å²) in [6.45, 7) is 2.05. The van der Waals surface area contributed by atoms with Gasteiger partial charge >= 0.3 is 0 Å². The Balaban J connectivity index is 2.12. The molecule has 0 aromatic heterocycles. The molecule has 5 heteroatoms. The molecule has 92 valence electrons. The normalized spacial score (nSPS) is 19.6. The third-order valence-electron chi connectivity index (χ3n) is 3.10. The Kier molecular flexibility index (Phi) is 3.54. The number of phenolic OH excluding ortho intramolecular Hbond substituents is 1. The molecular formula is C12H15ClN2O2. The number of rotatable bonds is 2. The largest absolute Gasteiger partial charge is 0.506 e. The molecule has 1 fully saturated rings. The predicted molar refractivity (Wildman–Crippen MR) is 66.2 cm³/mol. The molecule has 2 rings (SSSR count). The fourth-order valence-corrected chi connectivity index (χ4v) is 2.21. The van der Waals surface area contributed by atoms with Gasteiger partial charge in [0.25, 0.3) is 5.91 Å². The van der Waals surface area contributed by atoms with Crippen molar-refractivity contribution in [2.45, 2.75) is 6.42 Å². The fraction of sp³-hybridized carbons (Fsp3) is 0.417. The summed E-state index contributed by atoms with van der Waals surface area (Å²) in [7, 11) is 0. The number of nitrogens with two attached hydrogens (primary N) is 1. The molecule has 17 heavy (non-hydrogen) atoms. The second kappa shape index (κ2) is 4.94. The summed E-state index contributed by atoms with van der Waals surface area (Å²) >= 11 is 5.78. The van der Waals surface area contributed by atoms with E-state index in [-0.39, 0.29) is 16.7 Å². The van der Waals surface area contributed by atoms with Crippen LogP contribution in [0.25, 0.3) is 0 Å². The maximum atomic E-state index is 12.1. The van der Waals surface area contributed by atoms with Crippen molar-refractivity contribution in [3.05, 3.63) is 28.8 Å². The van der Waals surface area contributed by atoms with E-state index in [1.165, 1.54) is 12.1 Å². The summed E-state index contributed by atoms with van der Waals surface area (Å²) in [5.41, 5.74) is 6.09. The average molecular weight is 255 g/mol. The topological polar surface area (TPSA) is 66.6 Å². The van der Waals surface area contributed by atoms with E-state index in [4.69, 9.17) is 17.3 Å². The standard InChI is InChI=1S/C12H15ClN2O2/c13-10-5-9(1-2-11(10)16)12(17)15-4-3-8(6-14)7-15/h1-2,5,8,16H,3-4,6-7,14H2. The van der Waals surface area contributed by atoms with Gasteiger partial charge in [-0.3, -0.25) is 4.79 Å². The summed E-state index contributed by atoms with van der Waals surface area (Å²) in [5.74, 6) is 0.332. The lowest BCUT2D eigenvalue weighted by Crippen LogP contribution is -2.29. The van der Waals surface area contributed by atoms with E-state index in [1.54, 1.807) is 11.0 Å². The van der Waals surface area contributed by atoms with Crippen molar-refractivity contribution < 1.29 is 9.90 Å². The number of likely N-dealkylation sites (tertiary alicyclic amines) is 1. The Labute approximate surface area is 105 Å². The number of phenols is 1. The number of nitrogens with zero attached hydrogens (tertiary/aromatic N) is 1. The zero-order valence-electron chi connectivity index (χ0n) is 9.40. The summed E-state index contributed by atoms with van der Waals surface area (Å²) in [6, 6.07) is 4.51. The second-order valence-corrected chi connectivity index (χ2v) is 4.71. The Morgan fingerprint density at radius 1 is 1.59 bits per heavy atom. The van der Waals surface area contributed by atoms with Gasteiger partial charge in [0.1, 0.15) is 5.75 Å². The number of carbonyl (C=O) groups excluding carboxylic acids is 1. The first-order chi connectivity index (χ1) is 8.11. The summed E-state index contributed by atoms with van der Waals surface area (Å²) in [5, 5.41) is 9.50. The molecule has 0 spiro atoms. The van der Waals surface area contributed by atoms with Crippen molar-refractivity contribution in [1.82, 2.24) is 4.90 Å². The quantitative estimate of drug-likeness (QED) is 0.840. The molecule has 1 amide bonds. The minimum Gasteiger partial charge on any atom is -0.506 e. The molecule has 0 saturated carbocycles. The van der Waals surface area contributed by atoms with E-state index >= 15 is 0 Å². The zero-order chi connectivity index (χ0) is 12.4.